The van der Waals surface area contributed by atoms with Gasteiger partial charge in [0.05, 0.1) is 38.5 Å². The predicted molar refractivity (Wildman–Crippen MR) is 116 cm³/mol. The number of hydrogen-bond acceptors (Lipinski definition) is 5. The van der Waals surface area contributed by atoms with Gasteiger partial charge in [-0.3, -0.25) is 0 Å². The Morgan fingerprint density at radius 2 is 2.17 bits per heavy atom. The van der Waals surface area contributed by atoms with Crippen molar-refractivity contribution in [3.05, 3.63) is 22.7 Å². The molecule has 164 valence electrons. The van der Waals surface area contributed by atoms with E-state index >= 15 is 0 Å². The monoisotopic (exact) mass is 427 g/mol. The number of aliphatic imine (C=N–C) groups is 1. The molecule has 0 aromatic heterocycles. The molecule has 0 amide bonds. The number of guanidine groups is 1. The van der Waals surface area contributed by atoms with Crippen molar-refractivity contribution in [2.24, 2.45) is 10.9 Å². The smallest absolute Gasteiger partial charge is 0.191 e. The van der Waals surface area contributed by atoms with Crippen molar-refractivity contribution in [1.29, 1.82) is 0 Å². The van der Waals surface area contributed by atoms with Crippen LogP contribution in [0.4, 0.5) is 0 Å². The number of methoxy groups -OCH3 is 1. The number of rotatable bonds is 12. The lowest BCUT2D eigenvalue weighted by atomic mass is 10.1. The Morgan fingerprint density at radius 3 is 2.86 bits per heavy atom. The van der Waals surface area contributed by atoms with E-state index in [9.17, 15) is 0 Å². The maximum atomic E-state index is 6.34. The second-order valence-electron chi connectivity index (χ2n) is 6.82. The largest absolute Gasteiger partial charge is 0.493 e. The number of benzene rings is 1. The van der Waals surface area contributed by atoms with Gasteiger partial charge < -0.3 is 29.6 Å². The molecular weight excluding hydrogens is 394 g/mol. The van der Waals surface area contributed by atoms with Gasteiger partial charge in [0.1, 0.15) is 0 Å². The topological polar surface area (TPSA) is 73.3 Å². The molecule has 2 N–H and O–H groups in total. The SMILES string of the molecule is CCNC(=NCc1cc(Cl)c(OCC)c(OC)c1)NCCCOCC1CCOC1. The summed E-state index contributed by atoms with van der Waals surface area (Å²) in [5.41, 5.74) is 0.953. The van der Waals surface area contributed by atoms with Gasteiger partial charge in [0, 0.05) is 32.2 Å². The zero-order valence-electron chi connectivity index (χ0n) is 17.8. The molecule has 0 saturated carbocycles. The normalized spacial score (nSPS) is 16.7. The first-order valence-corrected chi connectivity index (χ1v) is 10.7. The Kier molecular flexibility index (Phi) is 11.0. The molecule has 1 aliphatic heterocycles. The predicted octanol–water partition coefficient (Wildman–Crippen LogP) is 3.25. The summed E-state index contributed by atoms with van der Waals surface area (Å²) in [6, 6.07) is 3.77. The molecule has 1 saturated heterocycles. The Hall–Kier alpha value is -1.70. The highest BCUT2D eigenvalue weighted by molar-refractivity contribution is 6.32. The highest BCUT2D eigenvalue weighted by Crippen LogP contribution is 2.36. The lowest BCUT2D eigenvalue weighted by Crippen LogP contribution is -2.38. The molecule has 1 aromatic carbocycles. The van der Waals surface area contributed by atoms with Gasteiger partial charge in [-0.2, -0.15) is 0 Å². The first-order valence-electron chi connectivity index (χ1n) is 10.3. The van der Waals surface area contributed by atoms with E-state index in [0.717, 1.165) is 63.9 Å². The summed E-state index contributed by atoms with van der Waals surface area (Å²) in [7, 11) is 1.61. The van der Waals surface area contributed by atoms with E-state index in [4.69, 9.17) is 30.5 Å². The zero-order chi connectivity index (χ0) is 20.9. The summed E-state index contributed by atoms with van der Waals surface area (Å²) >= 11 is 6.34. The molecule has 1 aromatic rings. The van der Waals surface area contributed by atoms with Crippen LogP contribution >= 0.6 is 11.6 Å². The summed E-state index contributed by atoms with van der Waals surface area (Å²) in [4.78, 5) is 4.64. The number of nitrogens with one attached hydrogen (secondary N) is 2. The standard InChI is InChI=1S/C21H34ClN3O4/c1-4-23-21(24-8-6-9-27-14-16-7-10-28-15-16)25-13-17-11-18(22)20(29-5-2)19(12-17)26-3/h11-12,16H,4-10,13-15H2,1-3H3,(H2,23,24,25). The lowest BCUT2D eigenvalue weighted by Gasteiger charge is -2.14. The van der Waals surface area contributed by atoms with E-state index in [1.165, 1.54) is 0 Å². The van der Waals surface area contributed by atoms with Crippen molar-refractivity contribution in [1.82, 2.24) is 10.6 Å². The fourth-order valence-corrected chi connectivity index (χ4v) is 3.29. The maximum absolute atomic E-state index is 6.34. The van der Waals surface area contributed by atoms with Crippen LogP contribution in [0.25, 0.3) is 0 Å². The fourth-order valence-electron chi connectivity index (χ4n) is 3.01. The van der Waals surface area contributed by atoms with Crippen LogP contribution in [-0.4, -0.2) is 59.2 Å². The van der Waals surface area contributed by atoms with Gasteiger partial charge in [0.2, 0.25) is 0 Å². The van der Waals surface area contributed by atoms with Gasteiger partial charge in [-0.1, -0.05) is 11.6 Å². The van der Waals surface area contributed by atoms with Gasteiger partial charge >= 0.3 is 0 Å². The van der Waals surface area contributed by atoms with Crippen LogP contribution in [0, 0.1) is 5.92 Å². The van der Waals surface area contributed by atoms with E-state index in [2.05, 4.69) is 15.6 Å². The lowest BCUT2D eigenvalue weighted by molar-refractivity contribution is 0.0888. The molecule has 0 radical (unpaired) electrons. The minimum absolute atomic E-state index is 0.482. The Labute approximate surface area is 179 Å². The summed E-state index contributed by atoms with van der Waals surface area (Å²) in [6.07, 6.45) is 2.02. The van der Waals surface area contributed by atoms with Crippen molar-refractivity contribution >= 4 is 17.6 Å². The van der Waals surface area contributed by atoms with E-state index in [1.54, 1.807) is 7.11 Å². The average molecular weight is 428 g/mol. The molecule has 29 heavy (non-hydrogen) atoms. The van der Waals surface area contributed by atoms with E-state index < -0.39 is 0 Å². The highest BCUT2D eigenvalue weighted by Gasteiger charge is 2.15. The number of hydrogen-bond donors (Lipinski definition) is 2. The number of nitrogens with zero attached hydrogens (tertiary/aromatic N) is 1. The van der Waals surface area contributed by atoms with Crippen LogP contribution in [0.3, 0.4) is 0 Å². The highest BCUT2D eigenvalue weighted by atomic mass is 35.5. The minimum Gasteiger partial charge on any atom is -0.493 e. The van der Waals surface area contributed by atoms with Crippen molar-refractivity contribution in [2.75, 3.05) is 53.2 Å². The third-order valence-electron chi connectivity index (χ3n) is 4.48. The molecule has 7 nitrogen and oxygen atoms in total. The maximum Gasteiger partial charge on any atom is 0.191 e. The molecular formula is C21H34ClN3O4. The number of ether oxygens (including phenoxy) is 4. The molecule has 1 heterocycles. The average Bonchev–Trinajstić information content (AvgIpc) is 3.23. The molecule has 1 unspecified atom stereocenters. The molecule has 0 aliphatic carbocycles. The van der Waals surface area contributed by atoms with Crippen LogP contribution in [0.1, 0.15) is 32.3 Å². The van der Waals surface area contributed by atoms with Crippen LogP contribution in [0.5, 0.6) is 11.5 Å². The Morgan fingerprint density at radius 1 is 1.31 bits per heavy atom. The van der Waals surface area contributed by atoms with Gasteiger partial charge in [-0.25, -0.2) is 4.99 Å². The molecule has 8 heteroatoms. The molecule has 0 spiro atoms. The summed E-state index contributed by atoms with van der Waals surface area (Å²) < 4.78 is 22.1. The third-order valence-corrected chi connectivity index (χ3v) is 4.76. The molecule has 2 rings (SSSR count). The summed E-state index contributed by atoms with van der Waals surface area (Å²) in [5.74, 6) is 2.51. The van der Waals surface area contributed by atoms with Gasteiger partial charge in [-0.05, 0) is 44.4 Å². The van der Waals surface area contributed by atoms with Crippen molar-refractivity contribution < 1.29 is 18.9 Å². The fraction of sp³-hybridized carbons (Fsp3) is 0.667. The second kappa shape index (κ2) is 13.5. The second-order valence-corrected chi connectivity index (χ2v) is 7.23. The van der Waals surface area contributed by atoms with Crippen molar-refractivity contribution in [3.8, 4) is 11.5 Å². The summed E-state index contributed by atoms with van der Waals surface area (Å²) in [6.45, 7) is 9.76. The quantitative estimate of drug-likeness (QED) is 0.303. The van der Waals surface area contributed by atoms with Crippen molar-refractivity contribution in [2.45, 2.75) is 33.2 Å². The van der Waals surface area contributed by atoms with Crippen LogP contribution < -0.4 is 20.1 Å². The van der Waals surface area contributed by atoms with E-state index in [1.807, 2.05) is 26.0 Å². The van der Waals surface area contributed by atoms with Gasteiger partial charge in [0.15, 0.2) is 17.5 Å². The first-order chi connectivity index (χ1) is 14.2. The van der Waals surface area contributed by atoms with Gasteiger partial charge in [-0.15, -0.1) is 0 Å². The Balaban J connectivity index is 1.80. The van der Waals surface area contributed by atoms with E-state index in [-0.39, 0.29) is 0 Å². The minimum atomic E-state index is 0.482. The molecule has 0 bridgehead atoms. The van der Waals surface area contributed by atoms with Crippen LogP contribution in [0.15, 0.2) is 17.1 Å². The van der Waals surface area contributed by atoms with Crippen LogP contribution in [0.2, 0.25) is 5.02 Å². The zero-order valence-corrected chi connectivity index (χ0v) is 18.5. The van der Waals surface area contributed by atoms with Crippen molar-refractivity contribution in [3.63, 3.8) is 0 Å². The summed E-state index contributed by atoms with van der Waals surface area (Å²) in [5, 5.41) is 7.12. The first kappa shape index (κ1) is 23.6. The van der Waals surface area contributed by atoms with Crippen LogP contribution in [-0.2, 0) is 16.0 Å². The van der Waals surface area contributed by atoms with E-state index in [0.29, 0.717) is 35.6 Å². The molecule has 1 aliphatic rings. The molecule has 1 atom stereocenters. The molecule has 1 fully saturated rings. The Bertz CT molecular complexity index is 637. The van der Waals surface area contributed by atoms with Gasteiger partial charge in [0.25, 0.3) is 0 Å². The number of halogens is 1. The third kappa shape index (κ3) is 8.28.